The minimum atomic E-state index is -1.70. The monoisotopic (exact) mass is 595 g/mol. The molecule has 1 aliphatic rings. The smallest absolute Gasteiger partial charge is 0.330 e. The number of hydrogen-bond donors (Lipinski definition) is 6. The van der Waals surface area contributed by atoms with Crippen LogP contribution in [0, 0.1) is 0 Å². The molecule has 1 heterocycles. The molecule has 228 valence electrons. The zero-order valence-corrected chi connectivity index (χ0v) is 23.1. The Morgan fingerprint density at radius 3 is 2.14 bits per heavy atom. The molecule has 1 saturated heterocycles. The van der Waals surface area contributed by atoms with Crippen LogP contribution < -0.4 is 22.1 Å². The highest BCUT2D eigenvalue weighted by Gasteiger charge is 2.45. The van der Waals surface area contributed by atoms with Crippen molar-refractivity contribution < 1.29 is 39.0 Å². The molecule has 8 N–H and O–H groups in total. The molecule has 15 heteroatoms. The predicted molar refractivity (Wildman–Crippen MR) is 152 cm³/mol. The van der Waals surface area contributed by atoms with Crippen molar-refractivity contribution in [1.29, 1.82) is 0 Å². The van der Waals surface area contributed by atoms with E-state index in [-0.39, 0.29) is 31.0 Å². The van der Waals surface area contributed by atoms with Crippen molar-refractivity contribution in [2.45, 2.75) is 43.9 Å². The fourth-order valence-corrected chi connectivity index (χ4v) is 4.51. The molecule has 15 nitrogen and oxygen atoms in total. The molecule has 0 radical (unpaired) electrons. The number of benzene rings is 2. The molecule has 5 amide bonds. The third-order valence-corrected chi connectivity index (χ3v) is 6.53. The van der Waals surface area contributed by atoms with Crippen molar-refractivity contribution in [3.8, 4) is 0 Å². The van der Waals surface area contributed by atoms with E-state index < -0.39 is 66.8 Å². The highest BCUT2D eigenvalue weighted by atomic mass is 16.4. The molecule has 0 unspecified atom stereocenters. The quantitative estimate of drug-likeness (QED) is 0.0684. The first kappa shape index (κ1) is 32.0. The number of carbonyl (C=O) groups excluding carboxylic acids is 4. The summed E-state index contributed by atoms with van der Waals surface area (Å²) in [5.74, 6) is -5.69. The van der Waals surface area contributed by atoms with Crippen LogP contribution >= 0.6 is 0 Å². The van der Waals surface area contributed by atoms with E-state index in [0.29, 0.717) is 6.42 Å². The van der Waals surface area contributed by atoms with Crippen LogP contribution in [0.4, 0.5) is 4.79 Å². The van der Waals surface area contributed by atoms with Crippen LogP contribution in [0.25, 0.3) is 0 Å². The third kappa shape index (κ3) is 9.01. The van der Waals surface area contributed by atoms with E-state index in [4.69, 9.17) is 11.5 Å². The van der Waals surface area contributed by atoms with Gasteiger partial charge < -0.3 is 37.2 Å². The summed E-state index contributed by atoms with van der Waals surface area (Å²) in [5.41, 5.74) is 11.7. The molecule has 0 aliphatic carbocycles. The van der Waals surface area contributed by atoms with Crippen molar-refractivity contribution in [2.24, 2.45) is 16.5 Å². The number of nitrogens with zero attached hydrogens (tertiary/aromatic N) is 3. The van der Waals surface area contributed by atoms with Gasteiger partial charge in [-0.25, -0.2) is 9.59 Å². The van der Waals surface area contributed by atoms with E-state index in [1.165, 1.54) is 17.0 Å². The number of aliphatic imine (C=N–C) groups is 1. The van der Waals surface area contributed by atoms with E-state index in [2.05, 4.69) is 15.6 Å². The van der Waals surface area contributed by atoms with Crippen LogP contribution in [0.5, 0.6) is 0 Å². The number of hydrogen-bond acceptors (Lipinski definition) is 7. The molecule has 1 fully saturated rings. The Labute approximate surface area is 246 Å². The van der Waals surface area contributed by atoms with Crippen molar-refractivity contribution in [2.75, 3.05) is 13.1 Å². The average molecular weight is 596 g/mol. The van der Waals surface area contributed by atoms with Gasteiger partial charge in [-0.05, 0) is 24.0 Å². The molecule has 0 spiro atoms. The summed E-state index contributed by atoms with van der Waals surface area (Å²) in [6.07, 6.45) is -0.319. The maximum atomic E-state index is 13.3. The van der Waals surface area contributed by atoms with Crippen LogP contribution in [0.2, 0.25) is 0 Å². The SMILES string of the molecule is NC(N)=NCCC[C@H]1C(=O)N(CC(=O)N[C@@H](CC(=O)O)C(=O)N[C@H](C(=O)O)c2ccccc2)C(=O)N1Cc1ccccc1. The maximum Gasteiger partial charge on any atom is 0.330 e. The number of imide groups is 1. The number of rotatable bonds is 15. The minimum absolute atomic E-state index is 0.0800. The van der Waals surface area contributed by atoms with E-state index in [1.54, 1.807) is 48.5 Å². The molecular weight excluding hydrogens is 562 g/mol. The minimum Gasteiger partial charge on any atom is -0.481 e. The topological polar surface area (TPSA) is 238 Å². The van der Waals surface area contributed by atoms with Crippen LogP contribution in [0.1, 0.15) is 36.4 Å². The number of amides is 5. The van der Waals surface area contributed by atoms with Crippen LogP contribution in [-0.4, -0.2) is 86.8 Å². The number of carboxylic acids is 2. The van der Waals surface area contributed by atoms with Gasteiger partial charge in [-0.2, -0.15) is 0 Å². The van der Waals surface area contributed by atoms with E-state index in [1.807, 2.05) is 0 Å². The Kier molecular flexibility index (Phi) is 11.1. The van der Waals surface area contributed by atoms with Gasteiger partial charge in [0.1, 0.15) is 18.6 Å². The van der Waals surface area contributed by atoms with Gasteiger partial charge in [0.05, 0.1) is 6.42 Å². The van der Waals surface area contributed by atoms with Crippen LogP contribution in [-0.2, 0) is 30.5 Å². The standard InChI is InChI=1S/C28H33N7O8/c29-27(30)31-13-7-12-20-25(40)35(28(43)34(20)15-17-8-3-1-4-9-17)16-21(36)32-19(14-22(37)38)24(39)33-23(26(41)42)18-10-5-2-6-11-18/h1-6,8-11,19-20,23H,7,12-16H2,(H,32,36)(H,33,39)(H,37,38)(H,41,42)(H4,29,30,31)/t19-,20-,23-/m0/s1. The summed E-state index contributed by atoms with van der Waals surface area (Å²) in [6.45, 7) is -0.499. The molecule has 0 saturated carbocycles. The zero-order chi connectivity index (χ0) is 31.5. The van der Waals surface area contributed by atoms with Crippen molar-refractivity contribution in [3.63, 3.8) is 0 Å². The second-order valence-corrected chi connectivity index (χ2v) is 9.69. The third-order valence-electron chi connectivity index (χ3n) is 6.53. The van der Waals surface area contributed by atoms with Gasteiger partial charge in [0.2, 0.25) is 11.8 Å². The lowest BCUT2D eigenvalue weighted by molar-refractivity contribution is -0.143. The van der Waals surface area contributed by atoms with E-state index in [0.717, 1.165) is 10.5 Å². The predicted octanol–water partition coefficient (Wildman–Crippen LogP) is -0.225. The largest absolute Gasteiger partial charge is 0.481 e. The van der Waals surface area contributed by atoms with Crippen LogP contribution in [0.15, 0.2) is 65.7 Å². The molecule has 0 bridgehead atoms. The number of urea groups is 1. The lowest BCUT2D eigenvalue weighted by atomic mass is 10.1. The maximum absolute atomic E-state index is 13.3. The van der Waals surface area contributed by atoms with Gasteiger partial charge in [0.15, 0.2) is 12.0 Å². The molecule has 3 atom stereocenters. The summed E-state index contributed by atoms with van der Waals surface area (Å²) >= 11 is 0. The molecule has 43 heavy (non-hydrogen) atoms. The Bertz CT molecular complexity index is 1370. The molecule has 0 aromatic heterocycles. The first-order valence-electron chi connectivity index (χ1n) is 13.3. The summed E-state index contributed by atoms with van der Waals surface area (Å²) in [6, 6.07) is 11.7. The second kappa shape index (κ2) is 15.0. The number of nitrogens with two attached hydrogens (primary N) is 2. The second-order valence-electron chi connectivity index (χ2n) is 9.69. The fraction of sp³-hybridized carbons (Fsp3) is 0.321. The van der Waals surface area contributed by atoms with Crippen molar-refractivity contribution >= 4 is 41.7 Å². The van der Waals surface area contributed by atoms with Gasteiger partial charge in [-0.1, -0.05) is 60.7 Å². The van der Waals surface area contributed by atoms with Crippen molar-refractivity contribution in [1.82, 2.24) is 20.4 Å². The normalized spacial score (nSPS) is 15.9. The number of carboxylic acid groups (broad SMARTS) is 2. The van der Waals surface area contributed by atoms with Gasteiger partial charge in [-0.15, -0.1) is 0 Å². The lowest BCUT2D eigenvalue weighted by Gasteiger charge is -2.22. The summed E-state index contributed by atoms with van der Waals surface area (Å²) in [4.78, 5) is 81.7. The molecule has 3 rings (SSSR count). The molecule has 2 aromatic rings. The highest BCUT2D eigenvalue weighted by Crippen LogP contribution is 2.24. The first-order chi connectivity index (χ1) is 20.5. The summed E-state index contributed by atoms with van der Waals surface area (Å²) in [7, 11) is 0. The van der Waals surface area contributed by atoms with Crippen molar-refractivity contribution in [3.05, 3.63) is 71.8 Å². The number of aliphatic carboxylic acids is 2. The summed E-state index contributed by atoms with van der Waals surface area (Å²) in [5, 5.41) is 23.4. The lowest BCUT2D eigenvalue weighted by Crippen LogP contribution is -2.52. The number of guanidine groups is 1. The van der Waals surface area contributed by atoms with Gasteiger partial charge in [-0.3, -0.25) is 29.1 Å². The van der Waals surface area contributed by atoms with Gasteiger partial charge >= 0.3 is 18.0 Å². The molecule has 1 aliphatic heterocycles. The Balaban J connectivity index is 1.74. The Hall–Kier alpha value is -5.47. The van der Waals surface area contributed by atoms with E-state index in [9.17, 15) is 39.0 Å². The van der Waals surface area contributed by atoms with Gasteiger partial charge in [0, 0.05) is 13.1 Å². The van der Waals surface area contributed by atoms with Gasteiger partial charge in [0.25, 0.3) is 5.91 Å². The van der Waals surface area contributed by atoms with Crippen LogP contribution in [0.3, 0.4) is 0 Å². The number of carbonyl (C=O) groups is 6. The molecular formula is C28H33N7O8. The highest BCUT2D eigenvalue weighted by molar-refractivity contribution is 6.06. The Morgan fingerprint density at radius 2 is 1.56 bits per heavy atom. The Morgan fingerprint density at radius 1 is 0.930 bits per heavy atom. The fourth-order valence-electron chi connectivity index (χ4n) is 4.51. The van der Waals surface area contributed by atoms with E-state index >= 15 is 0 Å². The molecule has 2 aromatic carbocycles. The summed E-state index contributed by atoms with van der Waals surface area (Å²) < 4.78 is 0. The zero-order valence-electron chi connectivity index (χ0n) is 23.1. The number of nitrogens with one attached hydrogen (secondary N) is 2. The average Bonchev–Trinajstić information content (AvgIpc) is 3.17. The first-order valence-corrected chi connectivity index (χ1v) is 13.3.